The molecule has 0 atom stereocenters. The van der Waals surface area contributed by atoms with E-state index in [1.54, 1.807) is 11.8 Å². The summed E-state index contributed by atoms with van der Waals surface area (Å²) in [6.07, 6.45) is 2.57. The van der Waals surface area contributed by atoms with Crippen LogP contribution in [0.2, 0.25) is 0 Å². The van der Waals surface area contributed by atoms with Crippen molar-refractivity contribution in [3.8, 4) is 11.4 Å². The quantitative estimate of drug-likeness (QED) is 0.535. The van der Waals surface area contributed by atoms with E-state index < -0.39 is 11.6 Å². The molecule has 0 amide bonds. The lowest BCUT2D eigenvalue weighted by atomic mass is 10.0. The first kappa shape index (κ1) is 22.6. The number of nitrogens with zero attached hydrogens (tertiary/aromatic N) is 4. The Morgan fingerprint density at radius 1 is 1.13 bits per heavy atom. The topological polar surface area (TPSA) is 99.2 Å². The van der Waals surface area contributed by atoms with Crippen molar-refractivity contribution in [2.75, 3.05) is 6.26 Å². The molecule has 2 aromatic carbocycles. The maximum Gasteiger partial charge on any atom is 0.368 e. The van der Waals surface area contributed by atoms with Crippen LogP contribution in [0.1, 0.15) is 30.5 Å². The number of benzene rings is 2. The average molecular weight is 443 g/mol. The molecule has 0 aliphatic rings. The highest BCUT2D eigenvalue weighted by Crippen LogP contribution is 2.29. The minimum Gasteiger partial charge on any atom is -0.478 e. The van der Waals surface area contributed by atoms with Crippen LogP contribution >= 0.6 is 11.8 Å². The molecule has 0 aliphatic carbocycles. The number of aryl methyl sites for hydroxylation is 4. The predicted molar refractivity (Wildman–Crippen MR) is 119 cm³/mol. The first-order valence-corrected chi connectivity index (χ1v) is 11.0. The number of carbonyl (C=O) groups is 1. The molecule has 0 radical (unpaired) electrons. The van der Waals surface area contributed by atoms with Gasteiger partial charge in [-0.1, -0.05) is 12.1 Å². The molecular formula is C22H26N4O4S. The number of aromatic nitrogens is 4. The molecule has 3 rings (SSSR count). The molecule has 3 aromatic rings. The predicted octanol–water partition coefficient (Wildman–Crippen LogP) is 3.25. The van der Waals surface area contributed by atoms with E-state index in [-0.39, 0.29) is 5.69 Å². The largest absolute Gasteiger partial charge is 0.478 e. The summed E-state index contributed by atoms with van der Waals surface area (Å²) in [5.74, 6) is -0.464. The molecule has 1 heterocycles. The summed E-state index contributed by atoms with van der Waals surface area (Å²) in [6, 6.07) is 11.4. The van der Waals surface area contributed by atoms with E-state index in [0.29, 0.717) is 24.4 Å². The van der Waals surface area contributed by atoms with Crippen molar-refractivity contribution in [1.29, 1.82) is 0 Å². The van der Waals surface area contributed by atoms with E-state index in [2.05, 4.69) is 10.4 Å². The second kappa shape index (κ2) is 8.97. The molecule has 0 spiro atoms. The second-order valence-electron chi connectivity index (χ2n) is 7.82. The number of thioether (sulfide) groups is 1. The third kappa shape index (κ3) is 4.99. The van der Waals surface area contributed by atoms with Crippen LogP contribution in [-0.4, -0.2) is 42.7 Å². The second-order valence-corrected chi connectivity index (χ2v) is 8.70. The number of aliphatic carboxylic acids is 1. The Morgan fingerprint density at radius 2 is 1.74 bits per heavy atom. The van der Waals surface area contributed by atoms with Crippen LogP contribution in [0.3, 0.4) is 0 Å². The fourth-order valence-corrected chi connectivity index (χ4v) is 3.59. The van der Waals surface area contributed by atoms with Gasteiger partial charge in [-0.3, -0.25) is 0 Å². The van der Waals surface area contributed by atoms with Crippen LogP contribution in [0.25, 0.3) is 5.69 Å². The van der Waals surface area contributed by atoms with Gasteiger partial charge in [-0.05, 0) is 91.8 Å². The molecule has 0 saturated heterocycles. The standard InChI is InChI=1S/C22H26N4O4S/c1-14-12-16(13-15(2)19(14)30-22(3,4)20(27)28)10-11-25-21(29)26(24-23-25)17-6-8-18(31-5)9-7-17/h6-9,12-13H,10-11H2,1-5H3,(H,27,28). The van der Waals surface area contributed by atoms with Crippen molar-refractivity contribution >= 4 is 17.7 Å². The van der Waals surface area contributed by atoms with Crippen molar-refractivity contribution in [3.63, 3.8) is 0 Å². The van der Waals surface area contributed by atoms with Gasteiger partial charge in [-0.15, -0.1) is 11.8 Å². The lowest BCUT2D eigenvalue weighted by Crippen LogP contribution is -2.38. The van der Waals surface area contributed by atoms with Gasteiger partial charge in [0.05, 0.1) is 12.2 Å². The molecule has 0 unspecified atom stereocenters. The Labute approximate surface area is 184 Å². The van der Waals surface area contributed by atoms with Gasteiger partial charge in [0.1, 0.15) is 5.75 Å². The third-order valence-electron chi connectivity index (χ3n) is 4.96. The van der Waals surface area contributed by atoms with Crippen LogP contribution < -0.4 is 10.4 Å². The minimum atomic E-state index is -1.32. The van der Waals surface area contributed by atoms with Gasteiger partial charge in [0, 0.05) is 4.90 Å². The van der Waals surface area contributed by atoms with Gasteiger partial charge in [-0.2, -0.15) is 9.36 Å². The summed E-state index contributed by atoms with van der Waals surface area (Å²) in [5.41, 5.74) is 1.73. The summed E-state index contributed by atoms with van der Waals surface area (Å²) in [6.45, 7) is 7.18. The molecule has 0 bridgehead atoms. The molecule has 164 valence electrons. The molecule has 8 nitrogen and oxygen atoms in total. The molecule has 9 heteroatoms. The van der Waals surface area contributed by atoms with Crippen LogP contribution in [0.5, 0.6) is 5.75 Å². The molecule has 0 fully saturated rings. The van der Waals surface area contributed by atoms with E-state index >= 15 is 0 Å². The minimum absolute atomic E-state index is 0.298. The first-order valence-electron chi connectivity index (χ1n) is 9.82. The fourth-order valence-electron chi connectivity index (χ4n) is 3.18. The molecule has 0 saturated carbocycles. The highest BCUT2D eigenvalue weighted by atomic mass is 32.2. The van der Waals surface area contributed by atoms with Crippen molar-refractivity contribution in [3.05, 3.63) is 63.6 Å². The normalized spacial score (nSPS) is 11.5. The van der Waals surface area contributed by atoms with Crippen molar-refractivity contribution in [2.45, 2.75) is 51.2 Å². The Morgan fingerprint density at radius 3 is 2.29 bits per heavy atom. The Bertz CT molecular complexity index is 1130. The zero-order chi connectivity index (χ0) is 22.8. The van der Waals surface area contributed by atoms with Gasteiger partial charge in [0.25, 0.3) is 0 Å². The van der Waals surface area contributed by atoms with Crippen molar-refractivity contribution in [2.24, 2.45) is 0 Å². The molecule has 31 heavy (non-hydrogen) atoms. The molecule has 1 aromatic heterocycles. The number of hydrogen-bond acceptors (Lipinski definition) is 6. The lowest BCUT2D eigenvalue weighted by molar-refractivity contribution is -0.152. The van der Waals surface area contributed by atoms with Crippen LogP contribution in [0.15, 0.2) is 46.1 Å². The van der Waals surface area contributed by atoms with Crippen molar-refractivity contribution < 1.29 is 14.6 Å². The summed E-state index contributed by atoms with van der Waals surface area (Å²) in [7, 11) is 0. The van der Waals surface area contributed by atoms with Gasteiger partial charge >= 0.3 is 11.7 Å². The van der Waals surface area contributed by atoms with Crippen LogP contribution in [0.4, 0.5) is 0 Å². The van der Waals surface area contributed by atoms with E-state index in [0.717, 1.165) is 21.6 Å². The molecule has 1 N–H and O–H groups in total. The number of rotatable bonds is 8. The lowest BCUT2D eigenvalue weighted by Gasteiger charge is -2.24. The molecular weight excluding hydrogens is 416 g/mol. The number of ether oxygens (including phenoxy) is 1. The SMILES string of the molecule is CSc1ccc(-n2nnn(CCc3cc(C)c(OC(C)(C)C(=O)O)c(C)c3)c2=O)cc1. The maximum atomic E-state index is 12.7. The number of carboxylic acid groups (broad SMARTS) is 1. The van der Waals surface area contributed by atoms with Gasteiger partial charge in [-0.25, -0.2) is 9.59 Å². The van der Waals surface area contributed by atoms with Crippen LogP contribution in [0, 0.1) is 13.8 Å². The number of carboxylic acids is 1. The average Bonchev–Trinajstić information content (AvgIpc) is 3.09. The monoisotopic (exact) mass is 442 g/mol. The fraction of sp³-hybridized carbons (Fsp3) is 0.364. The zero-order valence-corrected chi connectivity index (χ0v) is 19.1. The van der Waals surface area contributed by atoms with E-state index in [1.807, 2.05) is 56.5 Å². The number of hydrogen-bond donors (Lipinski definition) is 1. The summed E-state index contributed by atoms with van der Waals surface area (Å²) in [5, 5.41) is 17.3. The van der Waals surface area contributed by atoms with E-state index in [4.69, 9.17) is 4.74 Å². The third-order valence-corrected chi connectivity index (χ3v) is 5.70. The van der Waals surface area contributed by atoms with E-state index in [9.17, 15) is 14.7 Å². The van der Waals surface area contributed by atoms with E-state index in [1.165, 1.54) is 23.2 Å². The van der Waals surface area contributed by atoms with Gasteiger partial charge in [0.15, 0.2) is 5.60 Å². The smallest absolute Gasteiger partial charge is 0.368 e. The van der Waals surface area contributed by atoms with Gasteiger partial charge < -0.3 is 9.84 Å². The Hall–Kier alpha value is -3.07. The van der Waals surface area contributed by atoms with Crippen LogP contribution in [-0.2, 0) is 17.8 Å². The Kier molecular flexibility index (Phi) is 6.54. The first-order chi connectivity index (χ1) is 14.6. The number of tetrazole rings is 1. The zero-order valence-electron chi connectivity index (χ0n) is 18.2. The summed E-state index contributed by atoms with van der Waals surface area (Å²) < 4.78 is 8.37. The summed E-state index contributed by atoms with van der Waals surface area (Å²) >= 11 is 1.63. The molecule has 0 aliphatic heterocycles. The van der Waals surface area contributed by atoms with Crippen molar-refractivity contribution in [1.82, 2.24) is 19.8 Å². The highest BCUT2D eigenvalue weighted by Gasteiger charge is 2.30. The summed E-state index contributed by atoms with van der Waals surface area (Å²) in [4.78, 5) is 25.1. The highest BCUT2D eigenvalue weighted by molar-refractivity contribution is 7.98. The maximum absolute atomic E-state index is 12.7. The Balaban J connectivity index is 1.75. The van der Waals surface area contributed by atoms with Gasteiger partial charge in [0.2, 0.25) is 0 Å².